The van der Waals surface area contributed by atoms with E-state index >= 15 is 0 Å². The zero-order valence-electron chi connectivity index (χ0n) is 15.1. The Hall–Kier alpha value is -1.91. The van der Waals surface area contributed by atoms with Gasteiger partial charge in [-0.05, 0) is 25.0 Å². The van der Waals surface area contributed by atoms with E-state index < -0.39 is 11.8 Å². The van der Waals surface area contributed by atoms with Crippen LogP contribution in [0.1, 0.15) is 76.3 Å². The Labute approximate surface area is 151 Å². The molecule has 2 N–H and O–H groups in total. The van der Waals surface area contributed by atoms with Crippen LogP contribution in [0.15, 0.2) is 24.4 Å². The predicted octanol–water partition coefficient (Wildman–Crippen LogP) is 3.49. The molecule has 1 saturated carbocycles. The third-order valence-corrected chi connectivity index (χ3v) is 4.80. The Morgan fingerprint density at radius 1 is 0.880 bits per heavy atom. The lowest BCUT2D eigenvalue weighted by Gasteiger charge is -2.19. The number of amides is 2. The summed E-state index contributed by atoms with van der Waals surface area (Å²) in [7, 11) is 0. The molecule has 0 saturated heterocycles. The molecule has 1 heterocycles. The van der Waals surface area contributed by atoms with Crippen LogP contribution >= 0.6 is 0 Å². The normalized spacial score (nSPS) is 17.8. The molecule has 5 heteroatoms. The molecule has 0 spiro atoms. The van der Waals surface area contributed by atoms with E-state index in [9.17, 15) is 9.59 Å². The largest absolute Gasteiger partial charge is 0.345 e. The highest BCUT2D eigenvalue weighted by Gasteiger charge is 2.18. The molecule has 1 aliphatic rings. The number of carbonyl (C=O) groups is 2. The number of hydrogen-bond acceptors (Lipinski definition) is 3. The third-order valence-electron chi connectivity index (χ3n) is 4.80. The molecule has 1 aromatic rings. The van der Waals surface area contributed by atoms with E-state index in [1.807, 2.05) is 18.2 Å². The maximum Gasteiger partial charge on any atom is 0.309 e. The van der Waals surface area contributed by atoms with Gasteiger partial charge in [-0.2, -0.15) is 0 Å². The molecular formula is C20H31N3O2. The smallest absolute Gasteiger partial charge is 0.309 e. The molecule has 1 fully saturated rings. The van der Waals surface area contributed by atoms with Crippen molar-refractivity contribution < 1.29 is 9.59 Å². The van der Waals surface area contributed by atoms with Gasteiger partial charge in [-0.3, -0.25) is 14.6 Å². The lowest BCUT2D eigenvalue weighted by Crippen LogP contribution is -2.44. The molecule has 0 aromatic carbocycles. The van der Waals surface area contributed by atoms with Crippen molar-refractivity contribution in [2.45, 2.75) is 83.2 Å². The van der Waals surface area contributed by atoms with Crippen molar-refractivity contribution >= 4 is 11.8 Å². The molecule has 0 unspecified atom stereocenters. The number of pyridine rings is 1. The summed E-state index contributed by atoms with van der Waals surface area (Å²) in [6, 6.07) is 5.62. The van der Waals surface area contributed by atoms with Gasteiger partial charge in [0.05, 0.1) is 12.2 Å². The Morgan fingerprint density at radius 3 is 2.04 bits per heavy atom. The molecule has 5 nitrogen and oxygen atoms in total. The van der Waals surface area contributed by atoms with Crippen LogP contribution in [0.3, 0.4) is 0 Å². The minimum atomic E-state index is -0.572. The number of nitrogens with zero attached hydrogens (tertiary/aromatic N) is 1. The third kappa shape index (κ3) is 8.14. The molecule has 1 aliphatic carbocycles. The van der Waals surface area contributed by atoms with Gasteiger partial charge in [0, 0.05) is 12.2 Å². The molecule has 1 aromatic heterocycles. The van der Waals surface area contributed by atoms with Crippen molar-refractivity contribution in [1.82, 2.24) is 15.6 Å². The van der Waals surface area contributed by atoms with Crippen LogP contribution in [0.2, 0.25) is 0 Å². The quantitative estimate of drug-likeness (QED) is 0.824. The van der Waals surface area contributed by atoms with E-state index in [1.54, 1.807) is 6.20 Å². The second-order valence-electron chi connectivity index (χ2n) is 6.93. The monoisotopic (exact) mass is 345 g/mol. The summed E-state index contributed by atoms with van der Waals surface area (Å²) < 4.78 is 0. The maximum absolute atomic E-state index is 12.2. The lowest BCUT2D eigenvalue weighted by molar-refractivity contribution is -0.139. The summed E-state index contributed by atoms with van der Waals surface area (Å²) in [5, 5.41) is 5.58. The van der Waals surface area contributed by atoms with Gasteiger partial charge >= 0.3 is 11.8 Å². The van der Waals surface area contributed by atoms with Gasteiger partial charge in [0.15, 0.2) is 0 Å². The van der Waals surface area contributed by atoms with Gasteiger partial charge in [-0.25, -0.2) is 0 Å². The van der Waals surface area contributed by atoms with Crippen LogP contribution in [0.25, 0.3) is 0 Å². The minimum absolute atomic E-state index is 0.118. The SMILES string of the molecule is O=C(NCc1ccccn1)C(=O)NC1CCCCCCCCCCC1. The van der Waals surface area contributed by atoms with Crippen molar-refractivity contribution in [1.29, 1.82) is 0 Å². The van der Waals surface area contributed by atoms with Crippen LogP contribution in [0.5, 0.6) is 0 Å². The van der Waals surface area contributed by atoms with Gasteiger partial charge in [0.1, 0.15) is 0 Å². The summed E-state index contributed by atoms with van der Waals surface area (Å²) in [5.41, 5.74) is 0.745. The summed E-state index contributed by atoms with van der Waals surface area (Å²) in [6.07, 6.45) is 14.9. The van der Waals surface area contributed by atoms with Crippen LogP contribution < -0.4 is 10.6 Å². The first-order valence-electron chi connectivity index (χ1n) is 9.74. The predicted molar refractivity (Wildman–Crippen MR) is 98.8 cm³/mol. The van der Waals surface area contributed by atoms with E-state index in [4.69, 9.17) is 0 Å². The van der Waals surface area contributed by atoms with Crippen molar-refractivity contribution in [2.24, 2.45) is 0 Å². The lowest BCUT2D eigenvalue weighted by atomic mass is 9.98. The highest BCUT2D eigenvalue weighted by atomic mass is 16.2. The zero-order chi connectivity index (χ0) is 17.7. The van der Waals surface area contributed by atoms with Gasteiger partial charge in [-0.15, -0.1) is 0 Å². The Bertz CT molecular complexity index is 507. The first kappa shape index (κ1) is 19.4. The van der Waals surface area contributed by atoms with Crippen LogP contribution in [0, 0.1) is 0 Å². The topological polar surface area (TPSA) is 71.1 Å². The van der Waals surface area contributed by atoms with Crippen LogP contribution in [-0.4, -0.2) is 22.8 Å². The highest BCUT2D eigenvalue weighted by molar-refractivity contribution is 6.35. The van der Waals surface area contributed by atoms with E-state index in [1.165, 1.54) is 44.9 Å². The number of rotatable bonds is 3. The second kappa shape index (κ2) is 11.6. The summed E-state index contributed by atoms with van der Waals surface area (Å²) >= 11 is 0. The second-order valence-corrected chi connectivity index (χ2v) is 6.93. The standard InChI is InChI=1S/C20H31N3O2/c24-19(22-16-18-14-10-11-15-21-18)20(25)23-17-12-8-6-4-2-1-3-5-7-9-13-17/h10-11,14-15,17H,1-9,12-13,16H2,(H,22,24)(H,23,25). The molecular weight excluding hydrogens is 314 g/mol. The fraction of sp³-hybridized carbons (Fsp3) is 0.650. The van der Waals surface area contributed by atoms with Gasteiger partial charge < -0.3 is 10.6 Å². The Morgan fingerprint density at radius 2 is 1.48 bits per heavy atom. The number of nitrogens with one attached hydrogen (secondary N) is 2. The Kier molecular flexibility index (Phi) is 9.02. The number of carbonyl (C=O) groups excluding carboxylic acids is 2. The van der Waals surface area contributed by atoms with E-state index in [0.717, 1.165) is 31.4 Å². The van der Waals surface area contributed by atoms with E-state index in [0.29, 0.717) is 0 Å². The molecule has 0 bridgehead atoms. The van der Waals surface area contributed by atoms with E-state index in [2.05, 4.69) is 15.6 Å². The van der Waals surface area contributed by atoms with Crippen LogP contribution in [-0.2, 0) is 16.1 Å². The Balaban J connectivity index is 1.75. The molecule has 25 heavy (non-hydrogen) atoms. The molecule has 138 valence electrons. The average Bonchev–Trinajstić information content (AvgIpc) is 2.62. The van der Waals surface area contributed by atoms with Gasteiger partial charge in [0.2, 0.25) is 0 Å². The average molecular weight is 345 g/mol. The van der Waals surface area contributed by atoms with Crippen LogP contribution in [0.4, 0.5) is 0 Å². The number of aromatic nitrogens is 1. The summed E-state index contributed by atoms with van der Waals surface area (Å²) in [6.45, 7) is 0.276. The molecule has 0 radical (unpaired) electrons. The van der Waals surface area contributed by atoms with Gasteiger partial charge in [0.25, 0.3) is 0 Å². The van der Waals surface area contributed by atoms with E-state index in [-0.39, 0.29) is 12.6 Å². The fourth-order valence-electron chi connectivity index (χ4n) is 3.31. The van der Waals surface area contributed by atoms with Gasteiger partial charge in [-0.1, -0.05) is 63.9 Å². The number of hydrogen-bond donors (Lipinski definition) is 2. The highest BCUT2D eigenvalue weighted by Crippen LogP contribution is 2.16. The zero-order valence-corrected chi connectivity index (χ0v) is 15.1. The molecule has 2 amide bonds. The molecule has 0 aliphatic heterocycles. The first-order valence-corrected chi connectivity index (χ1v) is 9.74. The summed E-state index contributed by atoms with van der Waals surface area (Å²) in [5.74, 6) is -1.09. The minimum Gasteiger partial charge on any atom is -0.345 e. The maximum atomic E-state index is 12.2. The summed E-state index contributed by atoms with van der Waals surface area (Å²) in [4.78, 5) is 28.3. The van der Waals surface area contributed by atoms with Crippen molar-refractivity contribution in [3.8, 4) is 0 Å². The molecule has 2 rings (SSSR count). The fourth-order valence-corrected chi connectivity index (χ4v) is 3.31. The van der Waals surface area contributed by atoms with Crippen molar-refractivity contribution in [3.63, 3.8) is 0 Å². The van der Waals surface area contributed by atoms with Crippen molar-refractivity contribution in [3.05, 3.63) is 30.1 Å². The first-order chi connectivity index (χ1) is 12.3. The molecule has 0 atom stereocenters. The van der Waals surface area contributed by atoms with Crippen molar-refractivity contribution in [2.75, 3.05) is 0 Å².